The molecule has 0 aromatic carbocycles. The molecule has 0 aromatic rings. The van der Waals surface area contributed by atoms with Gasteiger partial charge >= 0.3 is 12.1 Å². The highest BCUT2D eigenvalue weighted by Crippen LogP contribution is 2.15. The monoisotopic (exact) mass is 356 g/mol. The first-order chi connectivity index (χ1) is 11.7. The van der Waals surface area contributed by atoms with Crippen LogP contribution in [0.5, 0.6) is 0 Å². The quantitative estimate of drug-likeness (QED) is 0.311. The number of ether oxygens (including phenoxy) is 2. The number of nitrogens with one attached hydrogen (secondary N) is 2. The molecule has 2 N–H and O–H groups in total. The van der Waals surface area contributed by atoms with E-state index in [9.17, 15) is 9.59 Å². The molecule has 1 fully saturated rings. The molecule has 8 nitrogen and oxygen atoms in total. The van der Waals surface area contributed by atoms with E-state index in [1.807, 2.05) is 20.8 Å². The summed E-state index contributed by atoms with van der Waals surface area (Å²) in [6.07, 6.45) is 2.92. The highest BCUT2D eigenvalue weighted by molar-refractivity contribution is 5.80. The van der Waals surface area contributed by atoms with Crippen molar-refractivity contribution in [2.75, 3.05) is 33.8 Å². The second-order valence-corrected chi connectivity index (χ2v) is 7.11. The van der Waals surface area contributed by atoms with Crippen molar-refractivity contribution in [3.63, 3.8) is 0 Å². The van der Waals surface area contributed by atoms with Crippen molar-refractivity contribution >= 4 is 18.0 Å². The second kappa shape index (κ2) is 10.1. The number of hydrogen-bond acceptors (Lipinski definition) is 5. The Kier molecular flexibility index (Phi) is 8.51. The lowest BCUT2D eigenvalue weighted by Gasteiger charge is -2.40. The van der Waals surface area contributed by atoms with Crippen molar-refractivity contribution in [2.24, 2.45) is 4.99 Å². The van der Waals surface area contributed by atoms with Gasteiger partial charge in [0.05, 0.1) is 13.2 Å². The first-order valence-corrected chi connectivity index (χ1v) is 8.77. The molecule has 25 heavy (non-hydrogen) atoms. The van der Waals surface area contributed by atoms with Crippen LogP contribution in [-0.2, 0) is 14.3 Å². The van der Waals surface area contributed by atoms with E-state index in [0.717, 1.165) is 31.8 Å². The molecule has 1 aliphatic heterocycles. The summed E-state index contributed by atoms with van der Waals surface area (Å²) in [7, 11) is 3.13. The Balaban J connectivity index is 2.14. The Morgan fingerprint density at radius 2 is 1.88 bits per heavy atom. The minimum absolute atomic E-state index is 0.162. The highest BCUT2D eigenvalue weighted by atomic mass is 16.6. The van der Waals surface area contributed by atoms with E-state index in [1.54, 1.807) is 11.9 Å². The van der Waals surface area contributed by atoms with Crippen LogP contribution in [0, 0.1) is 0 Å². The number of carbonyl (C=O) groups is 2. The van der Waals surface area contributed by atoms with Crippen LogP contribution in [0.3, 0.4) is 0 Å². The van der Waals surface area contributed by atoms with Gasteiger partial charge in [0, 0.05) is 33.1 Å². The highest BCUT2D eigenvalue weighted by Gasteiger charge is 2.34. The van der Waals surface area contributed by atoms with Crippen molar-refractivity contribution < 1.29 is 19.1 Å². The first kappa shape index (κ1) is 21.1. The summed E-state index contributed by atoms with van der Waals surface area (Å²) in [6, 6.07) is 0.179. The topological polar surface area (TPSA) is 92.3 Å². The number of nitrogens with zero attached hydrogens (tertiary/aromatic N) is 2. The molecule has 1 heterocycles. The van der Waals surface area contributed by atoms with Gasteiger partial charge in [0.2, 0.25) is 0 Å². The Labute approximate surface area is 150 Å². The summed E-state index contributed by atoms with van der Waals surface area (Å²) in [4.78, 5) is 28.7. The number of amides is 1. The van der Waals surface area contributed by atoms with Gasteiger partial charge in [-0.25, -0.2) is 4.79 Å². The maximum absolute atomic E-state index is 11.9. The maximum atomic E-state index is 11.9. The third-order valence-corrected chi connectivity index (χ3v) is 3.68. The molecule has 1 amide bonds. The lowest BCUT2D eigenvalue weighted by molar-refractivity contribution is -0.140. The third kappa shape index (κ3) is 8.60. The minimum Gasteiger partial charge on any atom is -0.469 e. The van der Waals surface area contributed by atoms with Crippen LogP contribution in [-0.4, -0.2) is 68.4 Å². The van der Waals surface area contributed by atoms with E-state index in [4.69, 9.17) is 4.74 Å². The van der Waals surface area contributed by atoms with E-state index in [1.165, 1.54) is 7.11 Å². The molecule has 1 saturated heterocycles. The smallest absolute Gasteiger partial charge is 0.410 e. The molecule has 0 radical (unpaired) electrons. The number of rotatable bonds is 7. The summed E-state index contributed by atoms with van der Waals surface area (Å²) in [5, 5.41) is 6.53. The Morgan fingerprint density at radius 1 is 1.20 bits per heavy atom. The van der Waals surface area contributed by atoms with Gasteiger partial charge in [0.15, 0.2) is 5.96 Å². The molecule has 0 unspecified atom stereocenters. The van der Waals surface area contributed by atoms with Crippen LogP contribution >= 0.6 is 0 Å². The van der Waals surface area contributed by atoms with E-state index < -0.39 is 5.60 Å². The summed E-state index contributed by atoms with van der Waals surface area (Å²) in [6.45, 7) is 7.57. The molecular formula is C17H32N4O4. The average Bonchev–Trinajstić information content (AvgIpc) is 2.49. The zero-order valence-corrected chi connectivity index (χ0v) is 16.1. The van der Waals surface area contributed by atoms with Crippen molar-refractivity contribution in [1.29, 1.82) is 0 Å². The SMILES string of the molecule is CN=C(NCCCCCC(=O)OC)NC1CN(C(=O)OC(C)(C)C)C1. The first-order valence-electron chi connectivity index (χ1n) is 8.77. The Bertz CT molecular complexity index is 468. The van der Waals surface area contributed by atoms with Gasteiger partial charge in [-0.15, -0.1) is 0 Å². The average molecular weight is 356 g/mol. The minimum atomic E-state index is -0.471. The predicted octanol–water partition coefficient (Wildman–Crippen LogP) is 1.50. The molecule has 0 saturated carbocycles. The zero-order chi connectivity index (χ0) is 18.9. The molecule has 0 spiro atoms. The van der Waals surface area contributed by atoms with Crippen LogP contribution < -0.4 is 10.6 Å². The van der Waals surface area contributed by atoms with Crippen LogP contribution in [0.1, 0.15) is 46.5 Å². The van der Waals surface area contributed by atoms with Gasteiger partial charge in [-0.2, -0.15) is 0 Å². The number of guanidine groups is 1. The number of methoxy groups -OCH3 is 1. The largest absolute Gasteiger partial charge is 0.469 e. The number of unbranched alkanes of at least 4 members (excludes halogenated alkanes) is 2. The van der Waals surface area contributed by atoms with Crippen LogP contribution in [0.4, 0.5) is 4.79 Å². The molecule has 0 atom stereocenters. The molecule has 144 valence electrons. The summed E-state index contributed by atoms with van der Waals surface area (Å²) >= 11 is 0. The normalized spacial score (nSPS) is 15.4. The summed E-state index contributed by atoms with van der Waals surface area (Å²) < 4.78 is 9.94. The van der Waals surface area contributed by atoms with Crippen LogP contribution in [0.2, 0.25) is 0 Å². The molecule has 1 rings (SSSR count). The molecule has 0 aromatic heterocycles. The fourth-order valence-electron chi connectivity index (χ4n) is 2.31. The van der Waals surface area contributed by atoms with Gasteiger partial charge in [0.25, 0.3) is 0 Å². The fraction of sp³-hybridized carbons (Fsp3) is 0.824. The lowest BCUT2D eigenvalue weighted by Crippen LogP contribution is -2.63. The third-order valence-electron chi connectivity index (χ3n) is 3.68. The van der Waals surface area contributed by atoms with E-state index >= 15 is 0 Å². The number of esters is 1. The fourth-order valence-corrected chi connectivity index (χ4v) is 2.31. The van der Waals surface area contributed by atoms with Gasteiger partial charge in [-0.1, -0.05) is 6.42 Å². The van der Waals surface area contributed by atoms with Crippen LogP contribution in [0.25, 0.3) is 0 Å². The van der Waals surface area contributed by atoms with Crippen molar-refractivity contribution in [1.82, 2.24) is 15.5 Å². The van der Waals surface area contributed by atoms with Crippen molar-refractivity contribution in [3.05, 3.63) is 0 Å². The molecule has 8 heteroatoms. The second-order valence-electron chi connectivity index (χ2n) is 7.11. The number of aliphatic imine (C=N–C) groups is 1. The number of carbonyl (C=O) groups excluding carboxylic acids is 2. The standard InChI is InChI=1S/C17H32N4O4/c1-17(2,3)25-16(23)21-11-13(12-21)20-15(18-4)19-10-8-6-7-9-14(22)24-5/h13H,6-12H2,1-5H3,(H2,18,19,20). The van der Waals surface area contributed by atoms with E-state index in [0.29, 0.717) is 19.5 Å². The van der Waals surface area contributed by atoms with Gasteiger partial charge in [-0.3, -0.25) is 9.79 Å². The Hall–Kier alpha value is -1.99. The van der Waals surface area contributed by atoms with Crippen molar-refractivity contribution in [3.8, 4) is 0 Å². The van der Waals surface area contributed by atoms with Gasteiger partial charge in [0.1, 0.15) is 5.60 Å². The van der Waals surface area contributed by atoms with E-state index in [2.05, 4.69) is 20.4 Å². The number of hydrogen-bond donors (Lipinski definition) is 2. The molecule has 0 aliphatic carbocycles. The number of likely N-dealkylation sites (tertiary alicyclic amines) is 1. The van der Waals surface area contributed by atoms with Gasteiger partial charge < -0.3 is 25.0 Å². The van der Waals surface area contributed by atoms with Crippen LogP contribution in [0.15, 0.2) is 4.99 Å². The zero-order valence-electron chi connectivity index (χ0n) is 16.1. The Morgan fingerprint density at radius 3 is 2.44 bits per heavy atom. The van der Waals surface area contributed by atoms with Gasteiger partial charge in [-0.05, 0) is 33.6 Å². The predicted molar refractivity (Wildman–Crippen MR) is 96.6 cm³/mol. The molecule has 1 aliphatic rings. The summed E-state index contributed by atoms with van der Waals surface area (Å²) in [5.74, 6) is 0.562. The molecular weight excluding hydrogens is 324 g/mol. The summed E-state index contributed by atoms with van der Waals surface area (Å²) in [5.41, 5.74) is -0.471. The maximum Gasteiger partial charge on any atom is 0.410 e. The van der Waals surface area contributed by atoms with Crippen molar-refractivity contribution in [2.45, 2.75) is 58.1 Å². The van der Waals surface area contributed by atoms with E-state index in [-0.39, 0.29) is 18.1 Å². The molecule has 0 bridgehead atoms. The lowest BCUT2D eigenvalue weighted by atomic mass is 10.1.